The maximum atomic E-state index is 12.9. The van der Waals surface area contributed by atoms with Crippen LogP contribution < -0.4 is 0 Å². The van der Waals surface area contributed by atoms with E-state index in [1.165, 1.54) is 0 Å². The van der Waals surface area contributed by atoms with E-state index in [0.717, 1.165) is 17.9 Å². The molecule has 5 aliphatic rings. The molecule has 0 radical (unpaired) electrons. The number of ether oxygens (including phenoxy) is 1. The molecular formula is C17H17Cl4NO4. The number of unbranched alkanes of at least 4 members (excludes halogenated alkanes) is 1. The average Bonchev–Trinajstić information content (AvgIpc) is 3.32. The summed E-state index contributed by atoms with van der Waals surface area (Å²) in [5.74, 6) is -2.35. The number of fused-ring (bicyclic) bond motifs is 12. The summed E-state index contributed by atoms with van der Waals surface area (Å²) in [7, 11) is 0. The molecular weight excluding hydrogens is 424 g/mol. The number of hydroxylamine groups is 2. The van der Waals surface area contributed by atoms with E-state index in [0.29, 0.717) is 23.1 Å². The van der Waals surface area contributed by atoms with Crippen molar-refractivity contribution in [1.29, 1.82) is 0 Å². The number of amides is 2. The van der Waals surface area contributed by atoms with Crippen molar-refractivity contribution in [2.75, 3.05) is 6.61 Å². The highest BCUT2D eigenvalue weighted by atomic mass is 35.5. The molecule has 9 heteroatoms. The number of alkyl halides is 2. The summed E-state index contributed by atoms with van der Waals surface area (Å²) in [6, 6.07) is 0. The minimum absolute atomic E-state index is 0.241. The Balaban J connectivity index is 1.50. The third-order valence-corrected chi connectivity index (χ3v) is 9.18. The first kappa shape index (κ1) is 18.0. The Hall–Kier alpha value is -0.0400. The zero-order chi connectivity index (χ0) is 18.6. The molecule has 2 amide bonds. The van der Waals surface area contributed by atoms with Crippen LogP contribution in [0.4, 0.5) is 0 Å². The molecule has 1 saturated carbocycles. The molecule has 0 spiro atoms. The number of carbonyl (C=O) groups is 2. The van der Waals surface area contributed by atoms with Crippen molar-refractivity contribution in [2.24, 2.45) is 23.7 Å². The van der Waals surface area contributed by atoms with Crippen LogP contribution in [0.5, 0.6) is 0 Å². The van der Waals surface area contributed by atoms with Crippen molar-refractivity contribution >= 4 is 58.2 Å². The summed E-state index contributed by atoms with van der Waals surface area (Å²) < 4.78 is 6.09. The van der Waals surface area contributed by atoms with Crippen molar-refractivity contribution in [3.8, 4) is 0 Å². The number of hydrogen-bond acceptors (Lipinski definition) is 4. The molecule has 3 heterocycles. The molecule has 2 aliphatic carbocycles. The zero-order valence-corrected chi connectivity index (χ0v) is 16.9. The maximum absolute atomic E-state index is 12.9. The van der Waals surface area contributed by atoms with Crippen LogP contribution in [-0.2, 0) is 19.2 Å². The second kappa shape index (κ2) is 5.52. The van der Waals surface area contributed by atoms with E-state index < -0.39 is 33.8 Å². The largest absolute Gasteiger partial charge is 0.373 e. The van der Waals surface area contributed by atoms with Gasteiger partial charge >= 0.3 is 0 Å². The lowest BCUT2D eigenvalue weighted by molar-refractivity contribution is -0.192. The van der Waals surface area contributed by atoms with Crippen molar-refractivity contribution in [2.45, 2.75) is 48.1 Å². The van der Waals surface area contributed by atoms with E-state index in [2.05, 4.69) is 0 Å². The molecule has 0 aromatic heterocycles. The van der Waals surface area contributed by atoms with Gasteiger partial charge in [0, 0.05) is 11.8 Å². The smallest absolute Gasteiger partial charge is 0.260 e. The molecule has 3 saturated heterocycles. The van der Waals surface area contributed by atoms with Gasteiger partial charge in [-0.1, -0.05) is 36.5 Å². The van der Waals surface area contributed by atoms with Crippen LogP contribution in [0.15, 0.2) is 10.1 Å². The van der Waals surface area contributed by atoms with Gasteiger partial charge in [0.15, 0.2) is 0 Å². The number of allylic oxidation sites excluding steroid dienone is 2. The Labute approximate surface area is 170 Å². The summed E-state index contributed by atoms with van der Waals surface area (Å²) in [6.07, 6.45) is 1.08. The van der Waals surface area contributed by atoms with Crippen LogP contribution in [0.3, 0.4) is 0 Å². The fraction of sp³-hybridized carbons (Fsp3) is 0.765. The Morgan fingerprint density at radius 2 is 1.58 bits per heavy atom. The Morgan fingerprint density at radius 3 is 2.04 bits per heavy atom. The van der Waals surface area contributed by atoms with Gasteiger partial charge in [-0.05, 0) is 12.8 Å². The quantitative estimate of drug-likeness (QED) is 0.382. The number of nitrogens with zero attached hydrogens (tertiary/aromatic N) is 1. The van der Waals surface area contributed by atoms with Gasteiger partial charge in [0.25, 0.3) is 11.8 Å². The van der Waals surface area contributed by atoms with Gasteiger partial charge in [-0.2, -0.15) is 5.06 Å². The minimum Gasteiger partial charge on any atom is -0.373 e. The molecule has 4 fully saturated rings. The molecule has 4 bridgehead atoms. The van der Waals surface area contributed by atoms with Gasteiger partial charge in [0.05, 0.1) is 50.5 Å². The van der Waals surface area contributed by atoms with Gasteiger partial charge in [-0.15, -0.1) is 23.2 Å². The van der Waals surface area contributed by atoms with Gasteiger partial charge < -0.3 is 4.74 Å². The molecule has 8 atom stereocenters. The highest BCUT2D eigenvalue weighted by Gasteiger charge is 2.82. The van der Waals surface area contributed by atoms with Crippen LogP contribution in [0.2, 0.25) is 0 Å². The second-order valence-corrected chi connectivity index (χ2v) is 9.96. The molecule has 5 nitrogen and oxygen atoms in total. The van der Waals surface area contributed by atoms with Crippen molar-refractivity contribution < 1.29 is 19.2 Å². The van der Waals surface area contributed by atoms with Crippen LogP contribution in [-0.4, -0.2) is 45.4 Å². The number of halogens is 4. The number of carbonyl (C=O) groups excluding carboxylic acids is 2. The van der Waals surface area contributed by atoms with E-state index in [9.17, 15) is 9.59 Å². The molecule has 0 aromatic rings. The summed E-state index contributed by atoms with van der Waals surface area (Å²) >= 11 is 26.5. The Kier molecular flexibility index (Phi) is 3.82. The Bertz CT molecular complexity index is 705. The predicted octanol–water partition coefficient (Wildman–Crippen LogP) is 3.39. The first-order valence-electron chi connectivity index (χ1n) is 8.87. The topological polar surface area (TPSA) is 55.8 Å². The van der Waals surface area contributed by atoms with Crippen LogP contribution in [0, 0.1) is 23.7 Å². The lowest BCUT2D eigenvalue weighted by Crippen LogP contribution is -2.50. The first-order valence-corrected chi connectivity index (χ1v) is 10.4. The molecule has 0 aromatic carbocycles. The van der Waals surface area contributed by atoms with Crippen LogP contribution >= 0.6 is 46.4 Å². The fourth-order valence-corrected chi connectivity index (χ4v) is 7.71. The zero-order valence-electron chi connectivity index (χ0n) is 13.9. The lowest BCUT2D eigenvalue weighted by atomic mass is 9.65. The maximum Gasteiger partial charge on any atom is 0.260 e. The number of hydrogen-bond donors (Lipinski definition) is 0. The molecule has 0 N–H and O–H groups in total. The molecule has 3 aliphatic heterocycles. The van der Waals surface area contributed by atoms with Crippen molar-refractivity contribution in [3.05, 3.63) is 10.1 Å². The van der Waals surface area contributed by atoms with Crippen LogP contribution in [0.1, 0.15) is 26.2 Å². The SMILES string of the molecule is CCCCON1C(=O)[C@H]2[C@H]3O[C@@H]([C@@H]2C1=O)[C@@H]1[C@@H]3[C@@]2(Cl)C[C@@]1(Cl)C(Cl)=C2Cl. The first-order chi connectivity index (χ1) is 12.3. The van der Waals surface area contributed by atoms with Gasteiger partial charge in [0.2, 0.25) is 0 Å². The minimum atomic E-state index is -0.935. The van der Waals surface area contributed by atoms with E-state index in [1.54, 1.807) is 0 Å². The summed E-state index contributed by atoms with van der Waals surface area (Å²) in [4.78, 5) is 29.3. The van der Waals surface area contributed by atoms with Crippen molar-refractivity contribution in [3.63, 3.8) is 0 Å². The standard InChI is InChI=1S/C17H17Cl4NO4/c1-2-3-4-25-22-14(23)6-7(15(22)24)11-9-8(10(6)26-11)16(20)5-17(9,21)13(19)12(16)18/h6-11H,2-5H2,1H3/t6-,7-,8+,9+,10-,11+,16+,17+/m1/s1. The summed E-state index contributed by atoms with van der Waals surface area (Å²) in [5.41, 5.74) is 0. The van der Waals surface area contributed by atoms with Gasteiger partial charge in [-0.3, -0.25) is 14.4 Å². The fourth-order valence-electron chi connectivity index (χ4n) is 5.69. The molecule has 142 valence electrons. The predicted molar refractivity (Wildman–Crippen MR) is 95.9 cm³/mol. The number of imide groups is 1. The third-order valence-electron chi connectivity index (χ3n) is 6.69. The second-order valence-electron chi connectivity index (χ2n) is 7.86. The van der Waals surface area contributed by atoms with Crippen molar-refractivity contribution in [1.82, 2.24) is 5.06 Å². The van der Waals surface area contributed by atoms with Crippen LogP contribution in [0.25, 0.3) is 0 Å². The highest BCUT2D eigenvalue weighted by Crippen LogP contribution is 2.75. The lowest BCUT2D eigenvalue weighted by Gasteiger charge is -2.40. The number of rotatable bonds is 4. The monoisotopic (exact) mass is 439 g/mol. The van der Waals surface area contributed by atoms with Gasteiger partial charge in [-0.25, -0.2) is 0 Å². The van der Waals surface area contributed by atoms with E-state index in [-0.39, 0.29) is 23.7 Å². The molecule has 26 heavy (non-hydrogen) atoms. The highest BCUT2D eigenvalue weighted by molar-refractivity contribution is 6.51. The molecule has 0 unspecified atom stereocenters. The summed E-state index contributed by atoms with van der Waals surface area (Å²) in [5, 5.41) is 1.62. The molecule has 5 rings (SSSR count). The Morgan fingerprint density at radius 1 is 1.08 bits per heavy atom. The third kappa shape index (κ3) is 1.84. The normalized spacial score (nSPS) is 51.0. The average molecular weight is 441 g/mol. The van der Waals surface area contributed by atoms with E-state index in [4.69, 9.17) is 56.0 Å². The van der Waals surface area contributed by atoms with E-state index >= 15 is 0 Å². The van der Waals surface area contributed by atoms with Gasteiger partial charge in [0.1, 0.15) is 0 Å². The summed E-state index contributed by atoms with van der Waals surface area (Å²) in [6.45, 7) is 2.34. The van der Waals surface area contributed by atoms with E-state index in [1.807, 2.05) is 6.92 Å².